The number of carboxylic acids is 1. The highest BCUT2D eigenvalue weighted by Gasteiger charge is 2.33. The van der Waals surface area contributed by atoms with Gasteiger partial charge in [0.25, 0.3) is 0 Å². The van der Waals surface area contributed by atoms with Gasteiger partial charge in [0.2, 0.25) is 5.91 Å². The number of aliphatic carboxylic acids is 1. The molecule has 2 aliphatic carbocycles. The third-order valence-corrected chi connectivity index (χ3v) is 6.95. The number of carbonyl (C=O) groups is 3. The normalized spacial score (nSPS) is 19.7. The Kier molecular flexibility index (Phi) is 7.50. The van der Waals surface area contributed by atoms with Crippen LogP contribution in [0.4, 0.5) is 4.79 Å². The molecule has 0 bridgehead atoms. The van der Waals surface area contributed by atoms with Crippen LogP contribution < -0.4 is 10.6 Å². The molecule has 2 amide bonds. The van der Waals surface area contributed by atoms with Gasteiger partial charge in [-0.05, 0) is 47.4 Å². The van der Waals surface area contributed by atoms with Crippen molar-refractivity contribution in [2.75, 3.05) is 6.61 Å². The van der Waals surface area contributed by atoms with E-state index in [1.54, 1.807) is 0 Å². The fourth-order valence-corrected chi connectivity index (χ4v) is 5.32. The predicted molar refractivity (Wildman–Crippen MR) is 128 cm³/mol. The molecule has 4 rings (SSSR count). The number of carboxylic acid groups (broad SMARTS) is 1. The molecule has 7 heteroatoms. The summed E-state index contributed by atoms with van der Waals surface area (Å²) in [7, 11) is 0. The van der Waals surface area contributed by atoms with Gasteiger partial charge in [-0.2, -0.15) is 0 Å². The van der Waals surface area contributed by atoms with Gasteiger partial charge >= 0.3 is 12.1 Å². The van der Waals surface area contributed by atoms with E-state index in [1.807, 2.05) is 31.2 Å². The fourth-order valence-electron chi connectivity index (χ4n) is 5.32. The number of ether oxygens (including phenoxy) is 1. The van der Waals surface area contributed by atoms with Gasteiger partial charge in [-0.25, -0.2) is 4.79 Å². The van der Waals surface area contributed by atoms with Crippen molar-refractivity contribution in [2.45, 2.75) is 63.5 Å². The van der Waals surface area contributed by atoms with Crippen molar-refractivity contribution in [3.05, 3.63) is 59.7 Å². The first-order valence-electron chi connectivity index (χ1n) is 12.1. The largest absolute Gasteiger partial charge is 0.481 e. The molecule has 2 unspecified atom stereocenters. The number of benzene rings is 2. The highest BCUT2D eigenvalue weighted by molar-refractivity contribution is 5.86. The van der Waals surface area contributed by atoms with Gasteiger partial charge in [-0.15, -0.1) is 0 Å². The zero-order chi connectivity index (χ0) is 24.1. The van der Waals surface area contributed by atoms with Crippen LogP contribution in [0, 0.1) is 5.92 Å². The van der Waals surface area contributed by atoms with E-state index in [4.69, 9.17) is 9.84 Å². The molecule has 2 aromatic rings. The zero-order valence-electron chi connectivity index (χ0n) is 19.5. The van der Waals surface area contributed by atoms with Crippen LogP contribution >= 0.6 is 0 Å². The molecule has 2 aliphatic rings. The average Bonchev–Trinajstić information content (AvgIpc) is 3.38. The molecule has 0 spiro atoms. The van der Waals surface area contributed by atoms with E-state index >= 15 is 0 Å². The molecule has 3 atom stereocenters. The van der Waals surface area contributed by atoms with Gasteiger partial charge < -0.3 is 20.5 Å². The topological polar surface area (TPSA) is 105 Å². The van der Waals surface area contributed by atoms with Gasteiger partial charge in [-0.1, -0.05) is 68.3 Å². The molecule has 180 valence electrons. The smallest absolute Gasteiger partial charge is 0.407 e. The second-order valence-electron chi connectivity index (χ2n) is 9.22. The summed E-state index contributed by atoms with van der Waals surface area (Å²) >= 11 is 0. The van der Waals surface area contributed by atoms with Crippen molar-refractivity contribution in [2.24, 2.45) is 5.92 Å². The summed E-state index contributed by atoms with van der Waals surface area (Å²) in [5.74, 6) is -1.25. The maximum atomic E-state index is 12.9. The number of fused-ring (bicyclic) bond motifs is 3. The van der Waals surface area contributed by atoms with Crippen LogP contribution in [0.15, 0.2) is 48.5 Å². The standard InChI is InChI=1S/C27H32N2O5/c1-2-8-24(26(32)28-23-14-7-9-17(23)15-25(30)31)29-27(33)34-16-22-20-12-5-3-10-18(20)19-11-4-6-13-21(19)22/h3-6,10-13,17,22-24H,2,7-9,14-16H2,1H3,(H,28,32)(H,29,33)(H,30,31)/t17?,23?,24-/m1/s1. The van der Waals surface area contributed by atoms with Crippen molar-refractivity contribution >= 4 is 18.0 Å². The molecule has 1 fully saturated rings. The van der Waals surface area contributed by atoms with Gasteiger partial charge in [0.05, 0.1) is 6.42 Å². The maximum absolute atomic E-state index is 12.9. The van der Waals surface area contributed by atoms with E-state index in [1.165, 1.54) is 0 Å². The lowest BCUT2D eigenvalue weighted by Gasteiger charge is -2.24. The third-order valence-electron chi connectivity index (χ3n) is 6.95. The van der Waals surface area contributed by atoms with E-state index in [-0.39, 0.29) is 36.8 Å². The molecule has 34 heavy (non-hydrogen) atoms. The Bertz CT molecular complexity index is 1010. The Morgan fingerprint density at radius 3 is 2.29 bits per heavy atom. The average molecular weight is 465 g/mol. The fraction of sp³-hybridized carbons (Fsp3) is 0.444. The Balaban J connectivity index is 1.36. The highest BCUT2D eigenvalue weighted by Crippen LogP contribution is 2.44. The lowest BCUT2D eigenvalue weighted by molar-refractivity contribution is -0.138. The number of hydrogen-bond donors (Lipinski definition) is 3. The van der Waals surface area contributed by atoms with Crippen molar-refractivity contribution in [1.29, 1.82) is 0 Å². The first-order chi connectivity index (χ1) is 16.5. The van der Waals surface area contributed by atoms with Gasteiger partial charge in [0, 0.05) is 12.0 Å². The summed E-state index contributed by atoms with van der Waals surface area (Å²) in [4.78, 5) is 36.7. The molecular weight excluding hydrogens is 432 g/mol. The summed E-state index contributed by atoms with van der Waals surface area (Å²) < 4.78 is 5.60. The minimum absolute atomic E-state index is 0.0448. The Hall–Kier alpha value is -3.35. The van der Waals surface area contributed by atoms with E-state index in [9.17, 15) is 14.4 Å². The highest BCUT2D eigenvalue weighted by atomic mass is 16.5. The van der Waals surface area contributed by atoms with E-state index in [0.717, 1.165) is 41.5 Å². The number of rotatable bonds is 9. The molecule has 0 heterocycles. The van der Waals surface area contributed by atoms with E-state index in [2.05, 4.69) is 34.9 Å². The monoisotopic (exact) mass is 464 g/mol. The van der Waals surface area contributed by atoms with Crippen LogP contribution in [0.1, 0.15) is 62.5 Å². The number of amides is 2. The van der Waals surface area contributed by atoms with Gasteiger partial charge in [0.15, 0.2) is 0 Å². The maximum Gasteiger partial charge on any atom is 0.407 e. The van der Waals surface area contributed by atoms with Crippen LogP contribution in [0.25, 0.3) is 11.1 Å². The molecular formula is C27H32N2O5. The molecule has 3 N–H and O–H groups in total. The summed E-state index contributed by atoms with van der Waals surface area (Å²) in [6.07, 6.45) is 3.05. The van der Waals surface area contributed by atoms with Crippen LogP contribution in [-0.2, 0) is 14.3 Å². The van der Waals surface area contributed by atoms with Crippen molar-refractivity contribution in [3.63, 3.8) is 0 Å². The van der Waals surface area contributed by atoms with Crippen LogP contribution in [0.3, 0.4) is 0 Å². The molecule has 0 saturated heterocycles. The summed E-state index contributed by atoms with van der Waals surface area (Å²) in [5, 5.41) is 14.8. The van der Waals surface area contributed by atoms with E-state index in [0.29, 0.717) is 12.8 Å². The van der Waals surface area contributed by atoms with Crippen molar-refractivity contribution in [3.8, 4) is 11.1 Å². The minimum atomic E-state index is -0.854. The second-order valence-corrected chi connectivity index (χ2v) is 9.22. The molecule has 1 saturated carbocycles. The second kappa shape index (κ2) is 10.7. The molecule has 0 aliphatic heterocycles. The van der Waals surface area contributed by atoms with Crippen molar-refractivity contribution in [1.82, 2.24) is 10.6 Å². The SMILES string of the molecule is CCC[C@@H](NC(=O)OCC1c2ccccc2-c2ccccc21)C(=O)NC1CCCC1CC(=O)O. The Morgan fingerprint density at radius 1 is 1.03 bits per heavy atom. The first-order valence-corrected chi connectivity index (χ1v) is 12.1. The molecule has 0 aromatic heterocycles. The summed E-state index contributed by atoms with van der Waals surface area (Å²) in [5.41, 5.74) is 4.57. The van der Waals surface area contributed by atoms with Crippen LogP contribution in [0.5, 0.6) is 0 Å². The first kappa shape index (κ1) is 23.8. The minimum Gasteiger partial charge on any atom is -0.481 e. The number of alkyl carbamates (subject to hydrolysis) is 1. The van der Waals surface area contributed by atoms with Gasteiger partial charge in [-0.3, -0.25) is 9.59 Å². The van der Waals surface area contributed by atoms with Crippen LogP contribution in [-0.4, -0.2) is 41.8 Å². The Morgan fingerprint density at radius 2 is 1.68 bits per heavy atom. The zero-order valence-corrected chi connectivity index (χ0v) is 19.5. The van der Waals surface area contributed by atoms with E-state index < -0.39 is 18.1 Å². The summed E-state index contributed by atoms with van der Waals surface area (Å²) in [6, 6.07) is 15.4. The predicted octanol–water partition coefficient (Wildman–Crippen LogP) is 4.45. The number of nitrogens with one attached hydrogen (secondary N) is 2. The quantitative estimate of drug-likeness (QED) is 0.508. The summed E-state index contributed by atoms with van der Waals surface area (Å²) in [6.45, 7) is 2.13. The molecule has 7 nitrogen and oxygen atoms in total. The number of hydrogen-bond acceptors (Lipinski definition) is 4. The molecule has 2 aromatic carbocycles. The van der Waals surface area contributed by atoms with Gasteiger partial charge in [0.1, 0.15) is 12.6 Å². The lowest BCUT2D eigenvalue weighted by Crippen LogP contribution is -2.50. The lowest BCUT2D eigenvalue weighted by atomic mass is 9.98. The van der Waals surface area contributed by atoms with Crippen LogP contribution in [0.2, 0.25) is 0 Å². The third kappa shape index (κ3) is 5.24. The Labute approximate surface area is 199 Å². The van der Waals surface area contributed by atoms with Crippen molar-refractivity contribution < 1.29 is 24.2 Å². The number of carbonyl (C=O) groups excluding carboxylic acids is 2. The molecule has 0 radical (unpaired) electrons.